The molecule has 0 aliphatic heterocycles. The molecule has 5 heteroatoms. The van der Waals surface area contributed by atoms with Crippen molar-refractivity contribution >= 4 is 27.5 Å². The van der Waals surface area contributed by atoms with E-state index < -0.39 is 0 Å². The second-order valence-electron chi connectivity index (χ2n) is 4.45. The third kappa shape index (κ3) is 5.23. The first-order valence-electron chi connectivity index (χ1n) is 6.63. The Labute approximate surface area is 138 Å². The molecule has 0 radical (unpaired) electrons. The van der Waals surface area contributed by atoms with E-state index in [9.17, 15) is 0 Å². The highest BCUT2D eigenvalue weighted by Crippen LogP contribution is 2.27. The van der Waals surface area contributed by atoms with Gasteiger partial charge >= 0.3 is 0 Å². The molecule has 0 saturated heterocycles. The Morgan fingerprint density at radius 3 is 2.67 bits per heavy atom. The maximum Gasteiger partial charge on any atom is 0.133 e. The lowest BCUT2D eigenvalue weighted by Crippen LogP contribution is -2.10. The molecule has 3 nitrogen and oxygen atoms in total. The summed E-state index contributed by atoms with van der Waals surface area (Å²) in [6.45, 7) is 1.78. The predicted molar refractivity (Wildman–Crippen MR) is 89.3 cm³/mol. The first-order chi connectivity index (χ1) is 10.2. The highest BCUT2D eigenvalue weighted by molar-refractivity contribution is 9.10. The summed E-state index contributed by atoms with van der Waals surface area (Å²) < 4.78 is 12.2. The molecule has 112 valence electrons. The Morgan fingerprint density at radius 1 is 1.10 bits per heavy atom. The van der Waals surface area contributed by atoms with Crippen molar-refractivity contribution in [2.45, 2.75) is 6.54 Å². The van der Waals surface area contributed by atoms with Crippen LogP contribution < -0.4 is 14.8 Å². The molecule has 2 aromatic carbocycles. The molecule has 0 spiro atoms. The molecule has 0 aliphatic rings. The highest BCUT2D eigenvalue weighted by Gasteiger charge is 2.02. The Bertz CT molecular complexity index is 592. The molecular weight excluding hydrogens is 354 g/mol. The molecule has 0 heterocycles. The molecule has 0 aromatic heterocycles. The second kappa shape index (κ2) is 8.27. The van der Waals surface area contributed by atoms with Gasteiger partial charge in [-0.05, 0) is 58.9 Å². The van der Waals surface area contributed by atoms with Crippen LogP contribution in [-0.4, -0.2) is 20.3 Å². The third-order valence-electron chi connectivity index (χ3n) is 2.78. The van der Waals surface area contributed by atoms with Crippen molar-refractivity contribution in [3.63, 3.8) is 0 Å². The molecule has 0 aliphatic carbocycles. The van der Waals surface area contributed by atoms with Gasteiger partial charge < -0.3 is 14.8 Å². The minimum absolute atomic E-state index is 0.469. The zero-order valence-corrected chi connectivity index (χ0v) is 14.1. The van der Waals surface area contributed by atoms with Crippen LogP contribution in [0.3, 0.4) is 0 Å². The van der Waals surface area contributed by atoms with Gasteiger partial charge in [0.25, 0.3) is 0 Å². The molecular formula is C16H17BrClNO2. The van der Waals surface area contributed by atoms with E-state index in [1.165, 1.54) is 5.56 Å². The summed E-state index contributed by atoms with van der Waals surface area (Å²) in [6.07, 6.45) is 0. The number of nitrogens with one attached hydrogen (secondary N) is 1. The molecule has 0 unspecified atom stereocenters. The minimum atomic E-state index is 0.469. The Balaban J connectivity index is 1.80. The number of halogens is 2. The third-order valence-corrected chi connectivity index (χ3v) is 3.64. The summed E-state index contributed by atoms with van der Waals surface area (Å²) in [6, 6.07) is 13.4. The normalized spacial score (nSPS) is 10.4. The molecule has 0 fully saturated rings. The van der Waals surface area contributed by atoms with E-state index >= 15 is 0 Å². The monoisotopic (exact) mass is 369 g/mol. The molecule has 2 aromatic rings. The summed E-state index contributed by atoms with van der Waals surface area (Å²) >= 11 is 9.30. The van der Waals surface area contributed by atoms with Gasteiger partial charge in [0.15, 0.2) is 0 Å². The standard InChI is InChI=1S/C16H17BrClNO2/c1-19-11-12-3-2-4-14(9-12)20-7-8-21-16-6-5-13(18)10-15(16)17/h2-6,9-10,19H,7-8,11H2,1H3. The zero-order valence-electron chi connectivity index (χ0n) is 11.7. The number of ether oxygens (including phenoxy) is 2. The van der Waals surface area contributed by atoms with Crippen LogP contribution in [0.15, 0.2) is 46.9 Å². The first kappa shape index (κ1) is 16.1. The molecule has 0 saturated carbocycles. The van der Waals surface area contributed by atoms with Crippen LogP contribution in [0.5, 0.6) is 11.5 Å². The van der Waals surface area contributed by atoms with E-state index in [-0.39, 0.29) is 0 Å². The maximum atomic E-state index is 5.88. The van der Waals surface area contributed by atoms with Crippen molar-refractivity contribution in [3.05, 3.63) is 57.5 Å². The van der Waals surface area contributed by atoms with Crippen molar-refractivity contribution in [2.24, 2.45) is 0 Å². The maximum absolute atomic E-state index is 5.88. The predicted octanol–water partition coefficient (Wildman–Crippen LogP) is 4.28. The van der Waals surface area contributed by atoms with Gasteiger partial charge in [-0.25, -0.2) is 0 Å². The van der Waals surface area contributed by atoms with Crippen LogP contribution in [-0.2, 0) is 6.54 Å². The SMILES string of the molecule is CNCc1cccc(OCCOc2ccc(Cl)cc2Br)c1. The van der Waals surface area contributed by atoms with Crippen LogP contribution in [0.2, 0.25) is 5.02 Å². The van der Waals surface area contributed by atoms with Gasteiger partial charge in [-0.1, -0.05) is 23.7 Å². The van der Waals surface area contributed by atoms with Crippen molar-refractivity contribution < 1.29 is 9.47 Å². The quantitative estimate of drug-likeness (QED) is 0.738. The Morgan fingerprint density at radius 2 is 1.90 bits per heavy atom. The summed E-state index contributed by atoms with van der Waals surface area (Å²) in [5, 5.41) is 3.79. The molecule has 21 heavy (non-hydrogen) atoms. The fourth-order valence-corrected chi connectivity index (χ4v) is 2.65. The van der Waals surface area contributed by atoms with Crippen molar-refractivity contribution in [1.29, 1.82) is 0 Å². The molecule has 2 rings (SSSR count). The summed E-state index contributed by atoms with van der Waals surface area (Å²) in [5.74, 6) is 1.61. The van der Waals surface area contributed by atoms with Crippen molar-refractivity contribution in [2.75, 3.05) is 20.3 Å². The second-order valence-corrected chi connectivity index (χ2v) is 5.74. The van der Waals surface area contributed by atoms with Crippen LogP contribution in [0.25, 0.3) is 0 Å². The van der Waals surface area contributed by atoms with Crippen LogP contribution >= 0.6 is 27.5 Å². The van der Waals surface area contributed by atoms with Crippen molar-refractivity contribution in [1.82, 2.24) is 5.32 Å². The van der Waals surface area contributed by atoms with Crippen LogP contribution in [0, 0.1) is 0 Å². The van der Waals surface area contributed by atoms with Crippen LogP contribution in [0.4, 0.5) is 0 Å². The number of hydrogen-bond donors (Lipinski definition) is 1. The number of rotatable bonds is 7. The van der Waals surface area contributed by atoms with Gasteiger partial charge in [0, 0.05) is 11.6 Å². The largest absolute Gasteiger partial charge is 0.490 e. The number of benzene rings is 2. The van der Waals surface area contributed by atoms with E-state index in [0.29, 0.717) is 18.2 Å². The number of hydrogen-bond acceptors (Lipinski definition) is 3. The molecule has 0 atom stereocenters. The van der Waals surface area contributed by atoms with Gasteiger partial charge in [0.2, 0.25) is 0 Å². The molecule has 0 bridgehead atoms. The average molecular weight is 371 g/mol. The zero-order chi connectivity index (χ0) is 15.1. The van der Waals surface area contributed by atoms with Crippen molar-refractivity contribution in [3.8, 4) is 11.5 Å². The van der Waals surface area contributed by atoms with Gasteiger partial charge in [-0.3, -0.25) is 0 Å². The van der Waals surface area contributed by atoms with E-state index in [4.69, 9.17) is 21.1 Å². The molecule has 0 amide bonds. The smallest absolute Gasteiger partial charge is 0.133 e. The van der Waals surface area contributed by atoms with Gasteiger partial charge in [0.05, 0.1) is 4.47 Å². The lowest BCUT2D eigenvalue weighted by Gasteiger charge is -2.10. The first-order valence-corrected chi connectivity index (χ1v) is 7.80. The Kier molecular flexibility index (Phi) is 6.36. The Hall–Kier alpha value is -1.23. The fourth-order valence-electron chi connectivity index (χ4n) is 1.85. The topological polar surface area (TPSA) is 30.5 Å². The lowest BCUT2D eigenvalue weighted by atomic mass is 10.2. The van der Waals surface area contributed by atoms with Gasteiger partial charge in [-0.15, -0.1) is 0 Å². The van der Waals surface area contributed by atoms with Crippen LogP contribution in [0.1, 0.15) is 5.56 Å². The van der Waals surface area contributed by atoms with E-state index in [1.54, 1.807) is 12.1 Å². The minimum Gasteiger partial charge on any atom is -0.490 e. The summed E-state index contributed by atoms with van der Waals surface area (Å²) in [5.41, 5.74) is 1.19. The van der Waals surface area contributed by atoms with Gasteiger partial charge in [0.1, 0.15) is 24.7 Å². The van der Waals surface area contributed by atoms with E-state index in [1.807, 2.05) is 31.3 Å². The highest BCUT2D eigenvalue weighted by atomic mass is 79.9. The van der Waals surface area contributed by atoms with Gasteiger partial charge in [-0.2, -0.15) is 0 Å². The van der Waals surface area contributed by atoms with E-state index in [2.05, 4.69) is 27.3 Å². The average Bonchev–Trinajstić information content (AvgIpc) is 2.46. The molecule has 1 N–H and O–H groups in total. The fraction of sp³-hybridized carbons (Fsp3) is 0.250. The lowest BCUT2D eigenvalue weighted by molar-refractivity contribution is 0.216. The summed E-state index contributed by atoms with van der Waals surface area (Å²) in [4.78, 5) is 0. The van der Waals surface area contributed by atoms with E-state index in [0.717, 1.165) is 22.5 Å². The summed E-state index contributed by atoms with van der Waals surface area (Å²) in [7, 11) is 1.92.